The highest BCUT2D eigenvalue weighted by molar-refractivity contribution is 7.92. The van der Waals surface area contributed by atoms with Gasteiger partial charge in [0.15, 0.2) is 0 Å². The molecule has 3 rings (SSSR count). The Balaban J connectivity index is 1.93. The molecule has 0 aliphatic heterocycles. The van der Waals surface area contributed by atoms with Gasteiger partial charge in [0.25, 0.3) is 10.0 Å². The predicted octanol–water partition coefficient (Wildman–Crippen LogP) is 3.63. The highest BCUT2D eigenvalue weighted by Crippen LogP contribution is 2.25. The largest absolute Gasteiger partial charge is 0.348 e. The summed E-state index contributed by atoms with van der Waals surface area (Å²) in [5.74, 6) is -0.440. The third-order valence-electron chi connectivity index (χ3n) is 3.66. The van der Waals surface area contributed by atoms with Gasteiger partial charge in [0.2, 0.25) is 0 Å². The molecule has 2 aromatic carbocycles. The fraction of sp³-hybridized carbons (Fsp3) is 0.118. The van der Waals surface area contributed by atoms with Crippen LogP contribution in [-0.2, 0) is 10.0 Å². The number of benzene rings is 2. The summed E-state index contributed by atoms with van der Waals surface area (Å²) < 4.78 is 40.8. The lowest BCUT2D eigenvalue weighted by Crippen LogP contribution is -2.13. The van der Waals surface area contributed by atoms with Gasteiger partial charge in [-0.15, -0.1) is 0 Å². The van der Waals surface area contributed by atoms with Gasteiger partial charge in [-0.1, -0.05) is 12.1 Å². The third kappa shape index (κ3) is 3.16. The Morgan fingerprint density at radius 2 is 1.92 bits per heavy atom. The molecule has 7 heteroatoms. The topological polar surface area (TPSA) is 74.8 Å². The van der Waals surface area contributed by atoms with Crippen molar-refractivity contribution in [2.75, 3.05) is 4.72 Å². The molecule has 1 heterocycles. The lowest BCUT2D eigenvalue weighted by molar-refractivity contribution is 0.598. The molecular formula is C17H16FN3O2S. The summed E-state index contributed by atoms with van der Waals surface area (Å²) in [4.78, 5) is 7.23. The van der Waals surface area contributed by atoms with Gasteiger partial charge >= 0.3 is 0 Å². The molecule has 124 valence electrons. The van der Waals surface area contributed by atoms with Crippen LogP contribution in [0.5, 0.6) is 0 Å². The van der Waals surface area contributed by atoms with E-state index in [2.05, 4.69) is 14.7 Å². The number of aromatic amines is 1. The zero-order chi connectivity index (χ0) is 17.3. The maximum Gasteiger partial charge on any atom is 0.261 e. The smallest absolute Gasteiger partial charge is 0.261 e. The van der Waals surface area contributed by atoms with Gasteiger partial charge in [0.05, 0.1) is 16.9 Å². The van der Waals surface area contributed by atoms with Crippen molar-refractivity contribution in [2.24, 2.45) is 0 Å². The maximum absolute atomic E-state index is 13.3. The molecule has 0 saturated heterocycles. The van der Waals surface area contributed by atoms with E-state index in [1.165, 1.54) is 19.1 Å². The monoisotopic (exact) mass is 345 g/mol. The number of aryl methyl sites for hydroxylation is 2. The number of imidazole rings is 1. The van der Waals surface area contributed by atoms with Crippen molar-refractivity contribution in [1.82, 2.24) is 9.97 Å². The Morgan fingerprint density at radius 3 is 2.58 bits per heavy atom. The molecule has 0 unspecified atom stereocenters. The number of hydrogen-bond acceptors (Lipinski definition) is 3. The Morgan fingerprint density at radius 1 is 1.12 bits per heavy atom. The van der Waals surface area contributed by atoms with Crippen molar-refractivity contribution in [3.05, 3.63) is 65.9 Å². The fourth-order valence-corrected chi connectivity index (χ4v) is 3.51. The van der Waals surface area contributed by atoms with E-state index in [-0.39, 0.29) is 10.5 Å². The summed E-state index contributed by atoms with van der Waals surface area (Å²) in [5.41, 5.74) is 3.14. The van der Waals surface area contributed by atoms with Crippen molar-refractivity contribution >= 4 is 15.7 Å². The van der Waals surface area contributed by atoms with E-state index >= 15 is 0 Å². The molecule has 1 aromatic heterocycles. The second kappa shape index (κ2) is 6.09. The number of rotatable bonds is 4. The predicted molar refractivity (Wildman–Crippen MR) is 90.7 cm³/mol. The average Bonchev–Trinajstić information content (AvgIpc) is 2.96. The quantitative estimate of drug-likeness (QED) is 0.758. The molecule has 2 N–H and O–H groups in total. The minimum atomic E-state index is -3.79. The molecule has 3 aromatic rings. The van der Waals surface area contributed by atoms with Crippen molar-refractivity contribution < 1.29 is 12.8 Å². The van der Waals surface area contributed by atoms with Crippen LogP contribution in [0.4, 0.5) is 10.1 Å². The number of nitrogens with zero attached hydrogens (tertiary/aromatic N) is 1. The second-order valence-corrected chi connectivity index (χ2v) is 7.16. The first-order valence-electron chi connectivity index (χ1n) is 7.26. The van der Waals surface area contributed by atoms with Crippen LogP contribution in [0.2, 0.25) is 0 Å². The Bertz CT molecular complexity index is 997. The van der Waals surface area contributed by atoms with E-state index < -0.39 is 15.8 Å². The molecule has 0 aliphatic rings. The van der Waals surface area contributed by atoms with Gasteiger partial charge in [-0.2, -0.15) is 0 Å². The Hall–Kier alpha value is -2.67. The van der Waals surface area contributed by atoms with Gasteiger partial charge in [-0.25, -0.2) is 17.8 Å². The normalized spacial score (nSPS) is 11.5. The lowest BCUT2D eigenvalue weighted by atomic mass is 10.1. The van der Waals surface area contributed by atoms with Crippen molar-refractivity contribution in [2.45, 2.75) is 18.7 Å². The Labute approximate surface area is 139 Å². The fourth-order valence-electron chi connectivity index (χ4n) is 2.38. The molecule has 0 saturated carbocycles. The van der Waals surface area contributed by atoms with Crippen LogP contribution in [0.3, 0.4) is 0 Å². The van der Waals surface area contributed by atoms with Gasteiger partial charge in [-0.3, -0.25) is 4.72 Å². The highest BCUT2D eigenvalue weighted by Gasteiger charge is 2.16. The number of hydrogen-bond donors (Lipinski definition) is 2. The molecule has 0 amide bonds. The number of halogens is 1. The number of sulfonamides is 1. The van der Waals surface area contributed by atoms with Crippen LogP contribution in [0.15, 0.2) is 53.7 Å². The summed E-state index contributed by atoms with van der Waals surface area (Å²) >= 11 is 0. The van der Waals surface area contributed by atoms with Crippen LogP contribution in [0.1, 0.15) is 11.3 Å². The lowest BCUT2D eigenvalue weighted by Gasteiger charge is -2.10. The van der Waals surface area contributed by atoms with E-state index in [0.29, 0.717) is 5.69 Å². The molecule has 0 fully saturated rings. The first kappa shape index (κ1) is 16.2. The van der Waals surface area contributed by atoms with Gasteiger partial charge in [-0.05, 0) is 49.7 Å². The molecule has 0 atom stereocenters. The van der Waals surface area contributed by atoms with Crippen LogP contribution in [-0.4, -0.2) is 18.4 Å². The molecule has 0 radical (unpaired) electrons. The first-order chi connectivity index (χ1) is 11.4. The van der Waals surface area contributed by atoms with Gasteiger partial charge in [0, 0.05) is 16.9 Å². The first-order valence-corrected chi connectivity index (χ1v) is 8.74. The molecular weight excluding hydrogens is 329 g/mol. The van der Waals surface area contributed by atoms with Crippen molar-refractivity contribution in [3.63, 3.8) is 0 Å². The molecule has 0 aliphatic carbocycles. The van der Waals surface area contributed by atoms with E-state index in [1.807, 2.05) is 13.0 Å². The molecule has 0 bridgehead atoms. The minimum Gasteiger partial charge on any atom is -0.348 e. The minimum absolute atomic E-state index is 0.0164. The summed E-state index contributed by atoms with van der Waals surface area (Å²) in [5, 5.41) is 0. The van der Waals surface area contributed by atoms with Gasteiger partial charge in [0.1, 0.15) is 5.82 Å². The van der Waals surface area contributed by atoms with Crippen LogP contribution < -0.4 is 4.72 Å². The second-order valence-electron chi connectivity index (χ2n) is 5.47. The van der Waals surface area contributed by atoms with Crippen LogP contribution in [0.25, 0.3) is 11.3 Å². The zero-order valence-corrected chi connectivity index (χ0v) is 14.0. The maximum atomic E-state index is 13.3. The van der Waals surface area contributed by atoms with E-state index in [1.54, 1.807) is 24.5 Å². The summed E-state index contributed by atoms with van der Waals surface area (Å²) in [6.45, 7) is 3.41. The van der Waals surface area contributed by atoms with Crippen molar-refractivity contribution in [3.8, 4) is 11.3 Å². The summed E-state index contributed by atoms with van der Waals surface area (Å²) in [6, 6.07) is 10.6. The summed E-state index contributed by atoms with van der Waals surface area (Å²) in [6.07, 6.45) is 1.59. The molecule has 5 nitrogen and oxygen atoms in total. The van der Waals surface area contributed by atoms with E-state index in [9.17, 15) is 12.8 Å². The van der Waals surface area contributed by atoms with Crippen LogP contribution in [0, 0.1) is 19.7 Å². The zero-order valence-electron chi connectivity index (χ0n) is 13.2. The summed E-state index contributed by atoms with van der Waals surface area (Å²) in [7, 11) is -3.79. The van der Waals surface area contributed by atoms with E-state index in [4.69, 9.17) is 0 Å². The van der Waals surface area contributed by atoms with Crippen molar-refractivity contribution in [1.29, 1.82) is 0 Å². The average molecular weight is 345 g/mol. The molecule has 24 heavy (non-hydrogen) atoms. The molecule has 0 spiro atoms. The third-order valence-corrected chi connectivity index (χ3v) is 5.04. The van der Waals surface area contributed by atoms with E-state index in [0.717, 1.165) is 23.0 Å². The number of H-pyrrole nitrogens is 1. The number of nitrogens with one attached hydrogen (secondary N) is 2. The van der Waals surface area contributed by atoms with Crippen LogP contribution >= 0.6 is 0 Å². The number of anilines is 1. The number of aromatic nitrogens is 2. The Kier molecular flexibility index (Phi) is 4.11. The standard InChI is InChI=1S/C17H16FN3O2S/c1-11-8-15(6-7-16(11)18)24(22,23)21-14-5-3-4-13(9-14)17-12(2)19-10-20-17/h3-10,21H,1-2H3,(H,19,20). The van der Waals surface area contributed by atoms with Gasteiger partial charge < -0.3 is 4.98 Å². The SMILES string of the molecule is Cc1cc(S(=O)(=O)Nc2cccc(-c3nc[nH]c3C)c2)ccc1F. The highest BCUT2D eigenvalue weighted by atomic mass is 32.2.